The highest BCUT2D eigenvalue weighted by Crippen LogP contribution is 2.19. The quantitative estimate of drug-likeness (QED) is 0.430. The monoisotopic (exact) mass is 334 g/mol. The van der Waals surface area contributed by atoms with Gasteiger partial charge >= 0.3 is 0 Å². The molecule has 0 N–H and O–H groups in total. The molecule has 0 unspecified atom stereocenters. The van der Waals surface area contributed by atoms with E-state index in [0.717, 1.165) is 57.4 Å². The number of aryl methyl sites for hydroxylation is 4. The Morgan fingerprint density at radius 2 is 0.955 bits per heavy atom. The maximum absolute atomic E-state index is 4.45. The molecule has 0 aromatic carbocycles. The second-order valence-corrected chi connectivity index (χ2v) is 7.39. The van der Waals surface area contributed by atoms with Gasteiger partial charge in [-0.2, -0.15) is 0 Å². The molecule has 0 saturated heterocycles. The minimum Gasteiger partial charge on any atom is -0.228 e. The van der Waals surface area contributed by atoms with Gasteiger partial charge in [0.15, 0.2) is 10.3 Å². The lowest BCUT2D eigenvalue weighted by Gasteiger charge is -2.04. The van der Waals surface area contributed by atoms with Crippen LogP contribution in [0, 0.1) is 27.7 Å². The molecule has 0 radical (unpaired) electrons. The number of rotatable bonds is 7. The number of nitrogens with zero attached hydrogens (tertiary/aromatic N) is 4. The SMILES string of the molecule is Cc1cc(C)nc(SCCCCSc2nc(C)cc(C)n2)n1. The predicted octanol–water partition coefficient (Wildman–Crippen LogP) is 4.16. The standard InChI is InChI=1S/C16H22N4S2/c1-11-9-12(2)18-15(17-11)21-7-5-6-8-22-16-19-13(3)10-14(4)20-16/h9-10H,5-8H2,1-4H3. The normalized spacial score (nSPS) is 10.9. The lowest BCUT2D eigenvalue weighted by molar-refractivity contribution is 0.870. The smallest absolute Gasteiger partial charge is 0.187 e. The molecule has 4 nitrogen and oxygen atoms in total. The van der Waals surface area contributed by atoms with Crippen molar-refractivity contribution in [2.45, 2.75) is 50.8 Å². The molecule has 0 aliphatic carbocycles. The van der Waals surface area contributed by atoms with Gasteiger partial charge in [0, 0.05) is 34.3 Å². The van der Waals surface area contributed by atoms with Gasteiger partial charge in [0.2, 0.25) is 0 Å². The fraction of sp³-hybridized carbons (Fsp3) is 0.500. The first-order valence-electron chi connectivity index (χ1n) is 7.43. The summed E-state index contributed by atoms with van der Waals surface area (Å²) in [6.45, 7) is 8.05. The fourth-order valence-electron chi connectivity index (χ4n) is 2.05. The molecule has 0 bridgehead atoms. The van der Waals surface area contributed by atoms with Crippen molar-refractivity contribution in [2.75, 3.05) is 11.5 Å². The van der Waals surface area contributed by atoms with Crippen LogP contribution < -0.4 is 0 Å². The molecule has 0 spiro atoms. The summed E-state index contributed by atoms with van der Waals surface area (Å²) in [7, 11) is 0. The Morgan fingerprint density at radius 1 is 0.636 bits per heavy atom. The molecule has 22 heavy (non-hydrogen) atoms. The molecule has 2 heterocycles. The third kappa shape index (κ3) is 5.93. The van der Waals surface area contributed by atoms with Crippen LogP contribution in [0.1, 0.15) is 35.6 Å². The van der Waals surface area contributed by atoms with E-state index in [1.54, 1.807) is 23.5 Å². The molecule has 2 aromatic rings. The molecule has 2 aromatic heterocycles. The Bertz CT molecular complexity index is 536. The van der Waals surface area contributed by atoms with E-state index in [4.69, 9.17) is 0 Å². The van der Waals surface area contributed by atoms with E-state index in [0.29, 0.717) is 0 Å². The van der Waals surface area contributed by atoms with Crippen molar-refractivity contribution in [2.24, 2.45) is 0 Å². The molecular formula is C16H22N4S2. The highest BCUT2D eigenvalue weighted by molar-refractivity contribution is 7.99. The Morgan fingerprint density at radius 3 is 1.27 bits per heavy atom. The maximum atomic E-state index is 4.45. The van der Waals surface area contributed by atoms with Crippen molar-refractivity contribution in [1.82, 2.24) is 19.9 Å². The van der Waals surface area contributed by atoms with E-state index < -0.39 is 0 Å². The molecule has 118 valence electrons. The van der Waals surface area contributed by atoms with Gasteiger partial charge in [-0.15, -0.1) is 0 Å². The number of aromatic nitrogens is 4. The van der Waals surface area contributed by atoms with E-state index in [2.05, 4.69) is 19.9 Å². The van der Waals surface area contributed by atoms with Crippen LogP contribution in [0.5, 0.6) is 0 Å². The first kappa shape index (κ1) is 17.2. The predicted molar refractivity (Wildman–Crippen MR) is 93.7 cm³/mol. The molecule has 0 saturated carbocycles. The van der Waals surface area contributed by atoms with Crippen LogP contribution >= 0.6 is 23.5 Å². The van der Waals surface area contributed by atoms with E-state index >= 15 is 0 Å². The molecular weight excluding hydrogens is 312 g/mol. The van der Waals surface area contributed by atoms with Crippen LogP contribution in [-0.4, -0.2) is 31.4 Å². The zero-order valence-electron chi connectivity index (χ0n) is 13.6. The van der Waals surface area contributed by atoms with Gasteiger partial charge in [-0.1, -0.05) is 23.5 Å². The summed E-state index contributed by atoms with van der Waals surface area (Å²) in [6.07, 6.45) is 2.30. The van der Waals surface area contributed by atoms with Crippen LogP contribution in [0.3, 0.4) is 0 Å². The highest BCUT2D eigenvalue weighted by atomic mass is 32.2. The lowest BCUT2D eigenvalue weighted by atomic mass is 10.4. The zero-order valence-corrected chi connectivity index (χ0v) is 15.2. The highest BCUT2D eigenvalue weighted by Gasteiger charge is 2.02. The molecule has 2 rings (SSSR count). The van der Waals surface area contributed by atoms with Gasteiger partial charge in [-0.05, 0) is 52.7 Å². The summed E-state index contributed by atoms with van der Waals surface area (Å²) in [5.41, 5.74) is 4.16. The van der Waals surface area contributed by atoms with Crippen molar-refractivity contribution in [1.29, 1.82) is 0 Å². The van der Waals surface area contributed by atoms with E-state index in [1.807, 2.05) is 39.8 Å². The minimum absolute atomic E-state index is 0.891. The van der Waals surface area contributed by atoms with Gasteiger partial charge in [-0.3, -0.25) is 0 Å². The van der Waals surface area contributed by atoms with E-state index in [9.17, 15) is 0 Å². The molecule has 0 amide bonds. The number of hydrogen-bond donors (Lipinski definition) is 0. The molecule has 0 fully saturated rings. The topological polar surface area (TPSA) is 51.6 Å². The van der Waals surface area contributed by atoms with Crippen molar-refractivity contribution < 1.29 is 0 Å². The zero-order chi connectivity index (χ0) is 15.9. The Hall–Kier alpha value is -1.14. The minimum atomic E-state index is 0.891. The molecule has 6 heteroatoms. The van der Waals surface area contributed by atoms with Crippen LogP contribution in [0.25, 0.3) is 0 Å². The van der Waals surface area contributed by atoms with Crippen molar-refractivity contribution >= 4 is 23.5 Å². The molecule has 0 aliphatic rings. The largest absolute Gasteiger partial charge is 0.228 e. The summed E-state index contributed by atoms with van der Waals surface area (Å²) in [5.74, 6) is 2.11. The summed E-state index contributed by atoms with van der Waals surface area (Å²) < 4.78 is 0. The van der Waals surface area contributed by atoms with Crippen LogP contribution in [0.2, 0.25) is 0 Å². The van der Waals surface area contributed by atoms with Crippen molar-refractivity contribution in [3.63, 3.8) is 0 Å². The van der Waals surface area contributed by atoms with Crippen LogP contribution in [0.4, 0.5) is 0 Å². The van der Waals surface area contributed by atoms with Crippen LogP contribution in [0.15, 0.2) is 22.4 Å². The third-order valence-corrected chi connectivity index (χ3v) is 4.79. The van der Waals surface area contributed by atoms with E-state index in [1.165, 1.54) is 0 Å². The summed E-state index contributed by atoms with van der Waals surface area (Å²) in [4.78, 5) is 17.8. The van der Waals surface area contributed by atoms with Crippen LogP contribution in [-0.2, 0) is 0 Å². The average molecular weight is 335 g/mol. The van der Waals surface area contributed by atoms with Crippen molar-refractivity contribution in [3.8, 4) is 0 Å². The van der Waals surface area contributed by atoms with Gasteiger partial charge in [0.05, 0.1) is 0 Å². The van der Waals surface area contributed by atoms with Crippen molar-refractivity contribution in [3.05, 3.63) is 34.9 Å². The second kappa shape index (κ2) is 8.48. The number of hydrogen-bond acceptors (Lipinski definition) is 6. The van der Waals surface area contributed by atoms with Gasteiger partial charge in [0.1, 0.15) is 0 Å². The lowest BCUT2D eigenvalue weighted by Crippen LogP contribution is -1.95. The molecule has 0 aliphatic heterocycles. The van der Waals surface area contributed by atoms with Gasteiger partial charge in [-0.25, -0.2) is 19.9 Å². The average Bonchev–Trinajstić information content (AvgIpc) is 2.40. The fourth-order valence-corrected chi connectivity index (χ4v) is 3.94. The maximum Gasteiger partial charge on any atom is 0.187 e. The summed E-state index contributed by atoms with van der Waals surface area (Å²) >= 11 is 3.47. The summed E-state index contributed by atoms with van der Waals surface area (Å²) in [5, 5.41) is 1.78. The molecule has 0 atom stereocenters. The summed E-state index contributed by atoms with van der Waals surface area (Å²) in [6, 6.07) is 4.01. The first-order valence-corrected chi connectivity index (χ1v) is 9.40. The first-order chi connectivity index (χ1) is 10.5. The third-order valence-electron chi connectivity index (χ3n) is 2.92. The van der Waals surface area contributed by atoms with Gasteiger partial charge in [0.25, 0.3) is 0 Å². The number of thioether (sulfide) groups is 2. The Balaban J connectivity index is 1.67. The Labute approximate surface area is 141 Å². The number of unbranched alkanes of at least 4 members (excludes halogenated alkanes) is 1. The van der Waals surface area contributed by atoms with Gasteiger partial charge < -0.3 is 0 Å². The second-order valence-electron chi connectivity index (χ2n) is 5.27. The van der Waals surface area contributed by atoms with E-state index in [-0.39, 0.29) is 0 Å². The Kier molecular flexibility index (Phi) is 6.64.